The second-order valence-electron chi connectivity index (χ2n) is 5.53. The Kier molecular flexibility index (Phi) is 6.49. The second-order valence-corrected chi connectivity index (χ2v) is 5.53. The van der Waals surface area contributed by atoms with Crippen LogP contribution in [0.25, 0.3) is 0 Å². The monoisotopic (exact) mass is 266 g/mol. The molecular formula is C16H26O3. The Bertz CT molecular complexity index is 390. The number of aliphatic hydroxyl groups excluding tert-OH is 3. The van der Waals surface area contributed by atoms with E-state index in [-0.39, 0.29) is 12.5 Å². The molecule has 3 unspecified atom stereocenters. The molecule has 0 saturated carbocycles. The van der Waals surface area contributed by atoms with Gasteiger partial charge in [-0.3, -0.25) is 0 Å². The molecule has 1 aromatic carbocycles. The maximum atomic E-state index is 10.2. The lowest BCUT2D eigenvalue weighted by molar-refractivity contribution is 0.0640. The van der Waals surface area contributed by atoms with E-state index in [1.165, 1.54) is 0 Å². The number of rotatable bonds is 7. The maximum absolute atomic E-state index is 10.2. The van der Waals surface area contributed by atoms with Gasteiger partial charge in [0.25, 0.3) is 0 Å². The van der Waals surface area contributed by atoms with Crippen LogP contribution in [-0.2, 0) is 0 Å². The molecule has 3 heteroatoms. The number of benzene rings is 1. The first-order valence-electron chi connectivity index (χ1n) is 6.99. The van der Waals surface area contributed by atoms with Crippen LogP contribution in [0.4, 0.5) is 0 Å². The van der Waals surface area contributed by atoms with E-state index in [2.05, 4.69) is 0 Å². The highest BCUT2D eigenvalue weighted by Crippen LogP contribution is 2.24. The molecule has 0 bridgehead atoms. The summed E-state index contributed by atoms with van der Waals surface area (Å²) in [5.41, 5.74) is 3.22. The number of hydrogen-bond donors (Lipinski definition) is 3. The highest BCUT2D eigenvalue weighted by Gasteiger charge is 2.15. The van der Waals surface area contributed by atoms with Gasteiger partial charge in [0.05, 0.1) is 12.2 Å². The van der Waals surface area contributed by atoms with E-state index in [0.29, 0.717) is 12.8 Å². The van der Waals surface area contributed by atoms with Crippen LogP contribution >= 0.6 is 0 Å². The van der Waals surface area contributed by atoms with Gasteiger partial charge in [-0.15, -0.1) is 0 Å². The SMILES string of the molecule is Cc1ccc(C)c(C(O)CCCC(O)C(C)CO)c1. The molecule has 0 spiro atoms. The average Bonchev–Trinajstić information content (AvgIpc) is 2.40. The summed E-state index contributed by atoms with van der Waals surface area (Å²) in [6.07, 6.45) is 1.04. The molecule has 108 valence electrons. The molecule has 0 radical (unpaired) electrons. The fourth-order valence-corrected chi connectivity index (χ4v) is 2.20. The van der Waals surface area contributed by atoms with Crippen LogP contribution in [0.3, 0.4) is 0 Å². The predicted molar refractivity (Wildman–Crippen MR) is 77.0 cm³/mol. The van der Waals surface area contributed by atoms with E-state index >= 15 is 0 Å². The third-order valence-electron chi connectivity index (χ3n) is 3.72. The van der Waals surface area contributed by atoms with Crippen molar-refractivity contribution in [3.8, 4) is 0 Å². The molecule has 1 rings (SSSR count). The molecule has 0 aliphatic rings. The zero-order valence-electron chi connectivity index (χ0n) is 12.1. The van der Waals surface area contributed by atoms with Gasteiger partial charge in [0, 0.05) is 12.5 Å². The molecule has 3 atom stereocenters. The van der Waals surface area contributed by atoms with Gasteiger partial charge in [0.2, 0.25) is 0 Å². The van der Waals surface area contributed by atoms with Crippen LogP contribution in [0.5, 0.6) is 0 Å². The number of aryl methyl sites for hydroxylation is 2. The highest BCUT2D eigenvalue weighted by molar-refractivity contribution is 5.32. The Labute approximate surface area is 115 Å². The summed E-state index contributed by atoms with van der Waals surface area (Å²) in [5, 5.41) is 28.9. The molecule has 0 saturated heterocycles. The van der Waals surface area contributed by atoms with Crippen molar-refractivity contribution in [1.82, 2.24) is 0 Å². The first-order chi connectivity index (χ1) is 8.95. The van der Waals surface area contributed by atoms with Crippen molar-refractivity contribution in [2.75, 3.05) is 6.61 Å². The second kappa shape index (κ2) is 7.63. The van der Waals surface area contributed by atoms with Crippen LogP contribution in [0.15, 0.2) is 18.2 Å². The molecule has 0 aliphatic heterocycles. The van der Waals surface area contributed by atoms with Gasteiger partial charge in [-0.2, -0.15) is 0 Å². The van der Waals surface area contributed by atoms with Gasteiger partial charge in [0.1, 0.15) is 0 Å². The summed E-state index contributed by atoms with van der Waals surface area (Å²) in [7, 11) is 0. The lowest BCUT2D eigenvalue weighted by atomic mass is 9.95. The third-order valence-corrected chi connectivity index (χ3v) is 3.72. The Hall–Kier alpha value is -0.900. The Morgan fingerprint density at radius 3 is 2.42 bits per heavy atom. The molecule has 0 heterocycles. The van der Waals surface area contributed by atoms with Crippen molar-refractivity contribution in [3.63, 3.8) is 0 Å². The normalized spacial score (nSPS) is 16.1. The lowest BCUT2D eigenvalue weighted by Crippen LogP contribution is -2.20. The quantitative estimate of drug-likeness (QED) is 0.710. The van der Waals surface area contributed by atoms with Gasteiger partial charge < -0.3 is 15.3 Å². The average molecular weight is 266 g/mol. The van der Waals surface area contributed by atoms with Gasteiger partial charge in [0.15, 0.2) is 0 Å². The van der Waals surface area contributed by atoms with Gasteiger partial charge in [-0.25, -0.2) is 0 Å². The maximum Gasteiger partial charge on any atom is 0.0792 e. The van der Waals surface area contributed by atoms with E-state index < -0.39 is 12.2 Å². The van der Waals surface area contributed by atoms with Gasteiger partial charge >= 0.3 is 0 Å². The number of aliphatic hydroxyl groups is 3. The minimum absolute atomic E-state index is 0.000703. The standard InChI is InChI=1S/C16H26O3/c1-11-7-8-12(2)14(9-11)16(19)6-4-5-15(18)13(3)10-17/h7-9,13,15-19H,4-6,10H2,1-3H3. The molecular weight excluding hydrogens is 240 g/mol. The van der Waals surface area contributed by atoms with Gasteiger partial charge in [-0.1, -0.05) is 30.7 Å². The first-order valence-corrected chi connectivity index (χ1v) is 6.99. The zero-order valence-corrected chi connectivity index (χ0v) is 12.1. The van der Waals surface area contributed by atoms with Crippen molar-refractivity contribution < 1.29 is 15.3 Å². The number of hydrogen-bond acceptors (Lipinski definition) is 3. The summed E-state index contributed by atoms with van der Waals surface area (Å²) in [5.74, 6) is -0.0992. The molecule has 0 fully saturated rings. The predicted octanol–water partition coefficient (Wildman–Crippen LogP) is 2.50. The van der Waals surface area contributed by atoms with Crippen LogP contribution in [0.1, 0.15) is 49.0 Å². The highest BCUT2D eigenvalue weighted by atomic mass is 16.3. The van der Waals surface area contributed by atoms with E-state index in [0.717, 1.165) is 23.1 Å². The Morgan fingerprint density at radius 2 is 1.79 bits per heavy atom. The zero-order chi connectivity index (χ0) is 14.4. The van der Waals surface area contributed by atoms with Crippen molar-refractivity contribution in [1.29, 1.82) is 0 Å². The summed E-state index contributed by atoms with van der Waals surface area (Å²) in [4.78, 5) is 0. The smallest absolute Gasteiger partial charge is 0.0792 e. The van der Waals surface area contributed by atoms with Crippen LogP contribution < -0.4 is 0 Å². The molecule has 0 aromatic heterocycles. The summed E-state index contributed by atoms with van der Waals surface area (Å²) >= 11 is 0. The Balaban J connectivity index is 2.47. The van der Waals surface area contributed by atoms with E-state index in [9.17, 15) is 10.2 Å². The lowest BCUT2D eigenvalue weighted by Gasteiger charge is -2.18. The van der Waals surface area contributed by atoms with Crippen LogP contribution in [-0.4, -0.2) is 28.0 Å². The third kappa shape index (κ3) is 4.94. The largest absolute Gasteiger partial charge is 0.396 e. The first kappa shape index (κ1) is 16.2. The Morgan fingerprint density at radius 1 is 1.11 bits per heavy atom. The van der Waals surface area contributed by atoms with Crippen molar-refractivity contribution in [2.24, 2.45) is 5.92 Å². The van der Waals surface area contributed by atoms with E-state index in [1.807, 2.05) is 39.0 Å². The molecule has 1 aromatic rings. The minimum Gasteiger partial charge on any atom is -0.396 e. The molecule has 0 amide bonds. The minimum atomic E-state index is -0.490. The van der Waals surface area contributed by atoms with Crippen LogP contribution in [0, 0.1) is 19.8 Å². The van der Waals surface area contributed by atoms with Crippen molar-refractivity contribution in [2.45, 2.75) is 52.2 Å². The molecule has 19 heavy (non-hydrogen) atoms. The summed E-state index contributed by atoms with van der Waals surface area (Å²) in [6, 6.07) is 6.08. The molecule has 3 N–H and O–H groups in total. The van der Waals surface area contributed by atoms with Crippen molar-refractivity contribution in [3.05, 3.63) is 34.9 Å². The topological polar surface area (TPSA) is 60.7 Å². The molecule has 3 nitrogen and oxygen atoms in total. The fraction of sp³-hybridized carbons (Fsp3) is 0.625. The fourth-order valence-electron chi connectivity index (χ4n) is 2.20. The van der Waals surface area contributed by atoms with Crippen LogP contribution in [0.2, 0.25) is 0 Å². The van der Waals surface area contributed by atoms with E-state index in [1.54, 1.807) is 0 Å². The van der Waals surface area contributed by atoms with E-state index in [4.69, 9.17) is 5.11 Å². The molecule has 0 aliphatic carbocycles. The summed E-state index contributed by atoms with van der Waals surface area (Å²) in [6.45, 7) is 5.84. The van der Waals surface area contributed by atoms with Gasteiger partial charge in [-0.05, 0) is 44.2 Å². The van der Waals surface area contributed by atoms with Crippen molar-refractivity contribution >= 4 is 0 Å². The summed E-state index contributed by atoms with van der Waals surface area (Å²) < 4.78 is 0.